The van der Waals surface area contributed by atoms with E-state index in [4.69, 9.17) is 11.6 Å². The van der Waals surface area contributed by atoms with Crippen molar-refractivity contribution in [3.05, 3.63) is 26.9 Å². The Morgan fingerprint density at radius 2 is 2.36 bits per heavy atom. The van der Waals surface area contributed by atoms with Gasteiger partial charge in [-0.1, -0.05) is 12.2 Å². The van der Waals surface area contributed by atoms with Crippen LogP contribution in [-0.2, 0) is 0 Å². The van der Waals surface area contributed by atoms with Gasteiger partial charge in [0.25, 0.3) is 0 Å². The standard InChI is InChI=1S/C8H8BrClS/c9-8-6-11-5-7(8)3-1-2-4-10/h1,3,5-6H,2,4H2. The number of hydrogen-bond acceptors (Lipinski definition) is 1. The van der Waals surface area contributed by atoms with Crippen LogP contribution in [0.5, 0.6) is 0 Å². The van der Waals surface area contributed by atoms with Gasteiger partial charge < -0.3 is 0 Å². The van der Waals surface area contributed by atoms with Gasteiger partial charge >= 0.3 is 0 Å². The molecule has 11 heavy (non-hydrogen) atoms. The highest BCUT2D eigenvalue weighted by Crippen LogP contribution is 2.22. The molecular weight excluding hydrogens is 244 g/mol. The second-order valence-electron chi connectivity index (χ2n) is 2.06. The highest BCUT2D eigenvalue weighted by atomic mass is 79.9. The van der Waals surface area contributed by atoms with E-state index in [9.17, 15) is 0 Å². The van der Waals surface area contributed by atoms with Gasteiger partial charge in [-0.25, -0.2) is 0 Å². The molecule has 0 saturated heterocycles. The Hall–Kier alpha value is 0.210. The van der Waals surface area contributed by atoms with Gasteiger partial charge in [0, 0.05) is 15.7 Å². The third-order valence-corrected chi connectivity index (χ3v) is 3.19. The lowest BCUT2D eigenvalue weighted by molar-refractivity contribution is 1.24. The number of allylic oxidation sites excluding steroid dienone is 1. The van der Waals surface area contributed by atoms with Gasteiger partial charge in [0.05, 0.1) is 0 Å². The van der Waals surface area contributed by atoms with Gasteiger partial charge in [0.15, 0.2) is 0 Å². The zero-order chi connectivity index (χ0) is 8.10. The normalized spacial score (nSPS) is 11.1. The lowest BCUT2D eigenvalue weighted by atomic mass is 10.3. The summed E-state index contributed by atoms with van der Waals surface area (Å²) >= 11 is 10.7. The first-order valence-corrected chi connectivity index (χ1v) is 5.56. The summed E-state index contributed by atoms with van der Waals surface area (Å²) in [5.74, 6) is 0.693. The minimum atomic E-state index is 0.693. The van der Waals surface area contributed by atoms with E-state index < -0.39 is 0 Å². The second kappa shape index (κ2) is 4.96. The zero-order valence-electron chi connectivity index (χ0n) is 5.89. The van der Waals surface area contributed by atoms with E-state index in [1.807, 2.05) is 0 Å². The monoisotopic (exact) mass is 250 g/mol. The Bertz CT molecular complexity index is 242. The van der Waals surface area contributed by atoms with Crippen molar-refractivity contribution in [3.8, 4) is 0 Å². The van der Waals surface area contributed by atoms with Crippen LogP contribution in [0.3, 0.4) is 0 Å². The number of halogens is 2. The molecule has 1 rings (SSSR count). The van der Waals surface area contributed by atoms with Crippen LogP contribution in [0.25, 0.3) is 6.08 Å². The molecule has 60 valence electrons. The minimum absolute atomic E-state index is 0.693. The molecule has 0 unspecified atom stereocenters. The van der Waals surface area contributed by atoms with Gasteiger partial charge in [0.2, 0.25) is 0 Å². The molecule has 0 nitrogen and oxygen atoms in total. The van der Waals surface area contributed by atoms with E-state index in [1.165, 1.54) is 5.56 Å². The van der Waals surface area contributed by atoms with Crippen LogP contribution in [0.2, 0.25) is 0 Å². The Morgan fingerprint density at radius 1 is 1.55 bits per heavy atom. The van der Waals surface area contributed by atoms with Crippen molar-refractivity contribution in [1.82, 2.24) is 0 Å². The average Bonchev–Trinajstić information content (AvgIpc) is 2.37. The van der Waals surface area contributed by atoms with Gasteiger partial charge in [-0.05, 0) is 33.3 Å². The second-order valence-corrected chi connectivity index (χ2v) is 4.03. The molecule has 0 aliphatic rings. The fraction of sp³-hybridized carbons (Fsp3) is 0.250. The van der Waals surface area contributed by atoms with Crippen molar-refractivity contribution in [2.75, 3.05) is 5.88 Å². The third-order valence-electron chi connectivity index (χ3n) is 1.22. The van der Waals surface area contributed by atoms with Crippen LogP contribution in [0.4, 0.5) is 0 Å². The van der Waals surface area contributed by atoms with E-state index in [-0.39, 0.29) is 0 Å². The molecule has 0 aliphatic heterocycles. The summed E-state index contributed by atoms with van der Waals surface area (Å²) in [6, 6.07) is 0. The maximum absolute atomic E-state index is 5.52. The summed E-state index contributed by atoms with van der Waals surface area (Å²) in [7, 11) is 0. The molecule has 0 spiro atoms. The summed E-state index contributed by atoms with van der Waals surface area (Å²) in [5, 5.41) is 4.18. The van der Waals surface area contributed by atoms with Crippen LogP contribution in [0, 0.1) is 0 Å². The molecule has 1 heterocycles. The predicted octanol–water partition coefficient (Wildman–Crippen LogP) is 4.15. The number of thiophene rings is 1. The summed E-state index contributed by atoms with van der Waals surface area (Å²) < 4.78 is 1.16. The van der Waals surface area contributed by atoms with Crippen molar-refractivity contribution >= 4 is 44.9 Å². The lowest BCUT2D eigenvalue weighted by Gasteiger charge is -1.86. The Balaban J connectivity index is 2.56. The SMILES string of the molecule is ClCCC=Cc1cscc1Br. The highest BCUT2D eigenvalue weighted by molar-refractivity contribution is 9.10. The smallest absolute Gasteiger partial charge is 0.0354 e. The van der Waals surface area contributed by atoms with Gasteiger partial charge in [-0.3, -0.25) is 0 Å². The Morgan fingerprint density at radius 3 is 2.91 bits per heavy atom. The van der Waals surface area contributed by atoms with Gasteiger partial charge in [-0.2, -0.15) is 11.3 Å². The number of rotatable bonds is 3. The van der Waals surface area contributed by atoms with E-state index in [0.717, 1.165) is 10.9 Å². The van der Waals surface area contributed by atoms with Crippen LogP contribution in [-0.4, -0.2) is 5.88 Å². The minimum Gasteiger partial charge on any atom is -0.151 e. The first-order chi connectivity index (χ1) is 5.34. The first-order valence-electron chi connectivity index (χ1n) is 3.29. The lowest BCUT2D eigenvalue weighted by Crippen LogP contribution is -1.67. The summed E-state index contributed by atoms with van der Waals surface area (Å²) in [5.41, 5.74) is 1.24. The van der Waals surface area contributed by atoms with E-state index in [1.54, 1.807) is 11.3 Å². The fourth-order valence-electron chi connectivity index (χ4n) is 0.684. The first kappa shape index (κ1) is 9.30. The van der Waals surface area contributed by atoms with Crippen LogP contribution >= 0.6 is 38.9 Å². The molecule has 0 bridgehead atoms. The van der Waals surface area contributed by atoms with Crippen molar-refractivity contribution < 1.29 is 0 Å². The largest absolute Gasteiger partial charge is 0.151 e. The molecule has 0 fully saturated rings. The molecule has 0 amide bonds. The van der Waals surface area contributed by atoms with Crippen molar-refractivity contribution in [3.63, 3.8) is 0 Å². The third kappa shape index (κ3) is 2.97. The van der Waals surface area contributed by atoms with E-state index in [2.05, 4.69) is 38.8 Å². The van der Waals surface area contributed by atoms with Gasteiger partial charge in [0.1, 0.15) is 0 Å². The number of hydrogen-bond donors (Lipinski definition) is 0. The topological polar surface area (TPSA) is 0 Å². The molecule has 0 atom stereocenters. The molecule has 1 aromatic rings. The van der Waals surface area contributed by atoms with Gasteiger partial charge in [-0.15, -0.1) is 11.6 Å². The van der Waals surface area contributed by atoms with Crippen molar-refractivity contribution in [2.45, 2.75) is 6.42 Å². The molecule has 0 aliphatic carbocycles. The van der Waals surface area contributed by atoms with Crippen LogP contribution < -0.4 is 0 Å². The Labute approximate surface area is 84.0 Å². The summed E-state index contributed by atoms with van der Waals surface area (Å²) in [6.45, 7) is 0. The molecule has 1 aromatic heterocycles. The predicted molar refractivity (Wildman–Crippen MR) is 56.4 cm³/mol. The molecule has 0 saturated carbocycles. The molecule has 0 aromatic carbocycles. The molecule has 3 heteroatoms. The van der Waals surface area contributed by atoms with Crippen LogP contribution in [0.1, 0.15) is 12.0 Å². The van der Waals surface area contributed by atoms with Crippen LogP contribution in [0.15, 0.2) is 21.3 Å². The maximum atomic E-state index is 5.52. The maximum Gasteiger partial charge on any atom is 0.0354 e. The Kier molecular flexibility index (Phi) is 4.20. The number of alkyl halides is 1. The molecule has 0 radical (unpaired) electrons. The fourth-order valence-corrected chi connectivity index (χ4v) is 2.21. The van der Waals surface area contributed by atoms with E-state index in [0.29, 0.717) is 5.88 Å². The zero-order valence-corrected chi connectivity index (χ0v) is 9.05. The van der Waals surface area contributed by atoms with Crippen molar-refractivity contribution in [1.29, 1.82) is 0 Å². The highest BCUT2D eigenvalue weighted by Gasteiger charge is 1.93. The van der Waals surface area contributed by atoms with E-state index >= 15 is 0 Å². The quantitative estimate of drug-likeness (QED) is 0.708. The van der Waals surface area contributed by atoms with Crippen molar-refractivity contribution in [2.24, 2.45) is 0 Å². The molecular formula is C8H8BrClS. The summed E-state index contributed by atoms with van der Waals surface area (Å²) in [6.07, 6.45) is 5.10. The summed E-state index contributed by atoms with van der Waals surface area (Å²) in [4.78, 5) is 0. The average molecular weight is 252 g/mol. The molecule has 0 N–H and O–H groups in total.